The summed E-state index contributed by atoms with van der Waals surface area (Å²) in [5.74, 6) is -4.39. The molecular formula is C32H51N5O10. The van der Waals surface area contributed by atoms with Crippen LogP contribution in [0.5, 0.6) is 0 Å². The largest absolute Gasteiger partial charge is 0.467 e. The van der Waals surface area contributed by atoms with E-state index in [0.717, 1.165) is 17.7 Å². The van der Waals surface area contributed by atoms with Crippen LogP contribution in [0.25, 0.3) is 0 Å². The van der Waals surface area contributed by atoms with Crippen LogP contribution >= 0.6 is 0 Å². The third-order valence-corrected chi connectivity index (χ3v) is 6.58. The zero-order chi connectivity index (χ0) is 35.9. The number of aliphatic hydroxyl groups is 1. The molecule has 1 rings (SSSR count). The Hall–Kier alpha value is -4.24. The predicted octanol–water partition coefficient (Wildman–Crippen LogP) is 1.18. The van der Waals surface area contributed by atoms with Crippen molar-refractivity contribution in [3.63, 3.8) is 0 Å². The summed E-state index contributed by atoms with van der Waals surface area (Å²) in [4.78, 5) is 83.2. The molecule has 5 N–H and O–H groups in total. The van der Waals surface area contributed by atoms with Gasteiger partial charge >= 0.3 is 12.1 Å². The average Bonchev–Trinajstić information content (AvgIpc) is 2.98. The smallest absolute Gasteiger partial charge is 0.408 e. The number of hydroxylamine groups is 2. The quantitative estimate of drug-likeness (QED) is 0.119. The highest BCUT2D eigenvalue weighted by Crippen LogP contribution is 2.12. The highest BCUT2D eigenvalue weighted by molar-refractivity contribution is 5.96. The highest BCUT2D eigenvalue weighted by atomic mass is 16.7. The summed E-state index contributed by atoms with van der Waals surface area (Å²) in [7, 11) is 2.48. The van der Waals surface area contributed by atoms with E-state index in [1.807, 2.05) is 44.2 Å². The molecule has 0 bridgehead atoms. The number of ether oxygens (including phenoxy) is 2. The van der Waals surface area contributed by atoms with E-state index in [1.54, 1.807) is 34.6 Å². The predicted molar refractivity (Wildman–Crippen MR) is 171 cm³/mol. The average molecular weight is 666 g/mol. The minimum Gasteiger partial charge on any atom is -0.467 e. The number of nitrogens with one attached hydrogen (secondary N) is 4. The third-order valence-electron chi connectivity index (χ3n) is 6.58. The summed E-state index contributed by atoms with van der Waals surface area (Å²) >= 11 is 0. The standard InChI is InChI=1S/C32H51N5O10/c1-19(2)15-22(27(40)34-24(17-38)30(43)45-9)33-29(42)26(20(3)4)36-28(41)23(35-31(44)47-32(5,6)7)16-25(39)37(8)46-18-21-13-11-10-12-14-21/h10-14,19-20,22-24,26,38H,15-18H2,1-9H3,(H,33,42)(H,34,40)(H,35,44)(H,36,41)/t22-,23-,24-,26-/m0/s1. The fraction of sp³-hybridized carbons (Fsp3) is 0.625. The first-order chi connectivity index (χ1) is 21.9. The Labute approximate surface area is 276 Å². The monoisotopic (exact) mass is 665 g/mol. The normalized spacial score (nSPS) is 13.9. The van der Waals surface area contributed by atoms with Gasteiger partial charge < -0.3 is 35.8 Å². The Morgan fingerprint density at radius 3 is 1.91 bits per heavy atom. The molecule has 15 nitrogen and oxygen atoms in total. The fourth-order valence-corrected chi connectivity index (χ4v) is 4.13. The number of hydrogen-bond acceptors (Lipinski definition) is 10. The number of nitrogens with zero attached hydrogens (tertiary/aromatic N) is 1. The molecule has 0 fully saturated rings. The lowest BCUT2D eigenvalue weighted by molar-refractivity contribution is -0.183. The van der Waals surface area contributed by atoms with Gasteiger partial charge in [-0.25, -0.2) is 14.7 Å². The molecule has 0 heterocycles. The molecule has 0 aliphatic rings. The van der Waals surface area contributed by atoms with E-state index in [-0.39, 0.29) is 18.9 Å². The lowest BCUT2D eigenvalue weighted by Crippen LogP contribution is -2.60. The van der Waals surface area contributed by atoms with Crippen LogP contribution in [0.15, 0.2) is 30.3 Å². The molecule has 0 aliphatic heterocycles. The van der Waals surface area contributed by atoms with Crippen LogP contribution < -0.4 is 21.3 Å². The van der Waals surface area contributed by atoms with Crippen molar-refractivity contribution < 1.29 is 48.2 Å². The van der Waals surface area contributed by atoms with Gasteiger partial charge in [-0.05, 0) is 44.6 Å². The molecule has 264 valence electrons. The molecule has 0 saturated carbocycles. The number of esters is 1. The van der Waals surface area contributed by atoms with Crippen LogP contribution in [0.4, 0.5) is 4.79 Å². The lowest BCUT2D eigenvalue weighted by Gasteiger charge is -2.29. The minimum atomic E-state index is -1.46. The maximum atomic E-state index is 13.6. The molecule has 0 unspecified atom stereocenters. The Kier molecular flexibility index (Phi) is 16.9. The Bertz CT molecular complexity index is 1200. The van der Waals surface area contributed by atoms with Crippen molar-refractivity contribution in [2.75, 3.05) is 20.8 Å². The second-order valence-electron chi connectivity index (χ2n) is 12.7. The summed E-state index contributed by atoms with van der Waals surface area (Å²) in [6.45, 7) is 11.2. The number of hydrogen-bond donors (Lipinski definition) is 5. The molecule has 0 saturated heterocycles. The number of methoxy groups -OCH3 is 1. The third kappa shape index (κ3) is 15.3. The number of alkyl carbamates (subject to hydrolysis) is 1. The van der Waals surface area contributed by atoms with E-state index in [0.29, 0.717) is 0 Å². The van der Waals surface area contributed by atoms with E-state index >= 15 is 0 Å². The van der Waals surface area contributed by atoms with Gasteiger partial charge in [-0.15, -0.1) is 0 Å². The number of benzene rings is 1. The number of amides is 5. The summed E-state index contributed by atoms with van der Waals surface area (Å²) in [6, 6.07) is 3.96. The number of rotatable bonds is 17. The molecule has 1 aromatic carbocycles. The van der Waals surface area contributed by atoms with Gasteiger partial charge in [0.2, 0.25) is 23.6 Å². The first kappa shape index (κ1) is 40.8. The van der Waals surface area contributed by atoms with Crippen LogP contribution in [0, 0.1) is 11.8 Å². The molecule has 0 aromatic heterocycles. The van der Waals surface area contributed by atoms with E-state index in [1.165, 1.54) is 7.05 Å². The number of carbonyl (C=O) groups excluding carboxylic acids is 6. The molecule has 0 aliphatic carbocycles. The van der Waals surface area contributed by atoms with Gasteiger partial charge in [0.05, 0.1) is 20.1 Å². The molecule has 0 spiro atoms. The Morgan fingerprint density at radius 1 is 0.830 bits per heavy atom. The van der Waals surface area contributed by atoms with E-state index < -0.39 is 84.4 Å². The van der Waals surface area contributed by atoms with E-state index in [9.17, 15) is 33.9 Å². The molecule has 0 radical (unpaired) electrons. The van der Waals surface area contributed by atoms with Gasteiger partial charge in [0, 0.05) is 7.05 Å². The molecular weight excluding hydrogens is 614 g/mol. The zero-order valence-electron chi connectivity index (χ0n) is 28.7. The van der Waals surface area contributed by atoms with Crippen molar-refractivity contribution in [2.45, 2.75) is 97.7 Å². The second kappa shape index (κ2) is 19.4. The van der Waals surface area contributed by atoms with E-state index in [4.69, 9.17) is 9.57 Å². The summed E-state index contributed by atoms with van der Waals surface area (Å²) in [6.07, 6.45) is -1.32. The van der Waals surface area contributed by atoms with Crippen molar-refractivity contribution in [2.24, 2.45) is 11.8 Å². The molecule has 5 amide bonds. The summed E-state index contributed by atoms with van der Waals surface area (Å²) < 4.78 is 9.88. The number of aliphatic hydroxyl groups excluding tert-OH is 1. The topological polar surface area (TPSA) is 202 Å². The molecule has 15 heteroatoms. The van der Waals surface area contributed by atoms with Gasteiger partial charge in [-0.3, -0.25) is 24.0 Å². The summed E-state index contributed by atoms with van der Waals surface area (Å²) in [5, 5.41) is 20.4. The number of carbonyl (C=O) groups is 6. The van der Waals surface area contributed by atoms with Crippen molar-refractivity contribution in [3.05, 3.63) is 35.9 Å². The van der Waals surface area contributed by atoms with E-state index in [2.05, 4.69) is 26.0 Å². The zero-order valence-corrected chi connectivity index (χ0v) is 28.7. The van der Waals surface area contributed by atoms with Crippen LogP contribution in [-0.4, -0.2) is 96.4 Å². The maximum Gasteiger partial charge on any atom is 0.408 e. The first-order valence-electron chi connectivity index (χ1n) is 15.4. The lowest BCUT2D eigenvalue weighted by atomic mass is 9.99. The maximum absolute atomic E-state index is 13.6. The minimum absolute atomic E-state index is 0.0710. The first-order valence-corrected chi connectivity index (χ1v) is 15.4. The van der Waals surface area contributed by atoms with Crippen molar-refractivity contribution in [1.82, 2.24) is 26.3 Å². The molecule has 1 aromatic rings. The van der Waals surface area contributed by atoms with Gasteiger partial charge in [0.1, 0.15) is 30.3 Å². The van der Waals surface area contributed by atoms with Crippen molar-refractivity contribution in [3.8, 4) is 0 Å². The Morgan fingerprint density at radius 2 is 1.40 bits per heavy atom. The molecule has 4 atom stereocenters. The van der Waals surface area contributed by atoms with Crippen LogP contribution in [0.1, 0.15) is 66.9 Å². The van der Waals surface area contributed by atoms with Gasteiger partial charge in [-0.2, -0.15) is 0 Å². The van der Waals surface area contributed by atoms with Crippen LogP contribution in [-0.2, 0) is 44.9 Å². The van der Waals surface area contributed by atoms with Gasteiger partial charge in [0.15, 0.2) is 6.04 Å². The SMILES string of the molecule is COC(=O)[C@H](CO)NC(=O)[C@H](CC(C)C)NC(=O)[C@@H](NC(=O)[C@H](CC(=O)N(C)OCc1ccccc1)NC(=O)OC(C)(C)C)C(C)C. The van der Waals surface area contributed by atoms with Gasteiger partial charge in [0.25, 0.3) is 0 Å². The van der Waals surface area contributed by atoms with Crippen LogP contribution in [0.3, 0.4) is 0 Å². The summed E-state index contributed by atoms with van der Waals surface area (Å²) in [5.41, 5.74) is -0.0966. The second-order valence-corrected chi connectivity index (χ2v) is 12.7. The van der Waals surface area contributed by atoms with Gasteiger partial charge in [-0.1, -0.05) is 58.0 Å². The van der Waals surface area contributed by atoms with Crippen molar-refractivity contribution >= 4 is 35.7 Å². The highest BCUT2D eigenvalue weighted by Gasteiger charge is 2.34. The van der Waals surface area contributed by atoms with Crippen LogP contribution in [0.2, 0.25) is 0 Å². The Balaban J connectivity index is 3.16. The molecule has 47 heavy (non-hydrogen) atoms. The van der Waals surface area contributed by atoms with Crippen molar-refractivity contribution in [1.29, 1.82) is 0 Å². The fourth-order valence-electron chi connectivity index (χ4n) is 4.13.